The molecule has 0 amide bonds. The van der Waals surface area contributed by atoms with Gasteiger partial charge in [-0.15, -0.1) is 0 Å². The Morgan fingerprint density at radius 3 is 2.10 bits per heavy atom. The quantitative estimate of drug-likeness (QED) is 0.133. The van der Waals surface area contributed by atoms with Crippen molar-refractivity contribution in [1.82, 2.24) is 0 Å². The van der Waals surface area contributed by atoms with Crippen LogP contribution in [0.5, 0.6) is 0 Å². The lowest BCUT2D eigenvalue weighted by atomic mass is 9.43. The molecule has 2 aromatic rings. The van der Waals surface area contributed by atoms with Crippen molar-refractivity contribution >= 4 is 35.7 Å². The number of carbonyl (C=O) groups is 4. The minimum Gasteiger partial charge on any atom is -0.455 e. The van der Waals surface area contributed by atoms with Gasteiger partial charge in [0.1, 0.15) is 17.8 Å². The maximum atomic E-state index is 15.5. The fourth-order valence-electron chi connectivity index (χ4n) is 9.26. The lowest BCUT2D eigenvalue weighted by Crippen LogP contribution is -2.80. The van der Waals surface area contributed by atoms with Gasteiger partial charge in [0.25, 0.3) is 0 Å². The van der Waals surface area contributed by atoms with E-state index in [2.05, 4.69) is 0 Å². The molecule has 2 bridgehead atoms. The number of hydrogen-bond acceptors (Lipinski definition) is 10. The zero-order valence-corrected chi connectivity index (χ0v) is 30.0. The number of fused-ring (bicyclic) bond motifs is 5. The molecule has 3 fully saturated rings. The van der Waals surface area contributed by atoms with E-state index in [0.29, 0.717) is 29.5 Å². The van der Waals surface area contributed by atoms with Gasteiger partial charge in [0.15, 0.2) is 17.5 Å². The molecule has 9 nitrogen and oxygen atoms in total. The lowest BCUT2D eigenvalue weighted by Gasteiger charge is -2.68. The Kier molecular flexibility index (Phi) is 8.81. The summed E-state index contributed by atoms with van der Waals surface area (Å²) in [5.41, 5.74) is -3.21. The van der Waals surface area contributed by atoms with E-state index in [1.807, 2.05) is 41.5 Å². The van der Waals surface area contributed by atoms with Gasteiger partial charge in [-0.2, -0.15) is 0 Å². The maximum Gasteiger partial charge on any atom is 0.338 e. The van der Waals surface area contributed by atoms with E-state index in [4.69, 9.17) is 24.5 Å². The van der Waals surface area contributed by atoms with E-state index in [1.165, 1.54) is 6.92 Å². The first-order valence-electron chi connectivity index (χ1n) is 17.5. The summed E-state index contributed by atoms with van der Waals surface area (Å²) in [7, 11) is 0. The van der Waals surface area contributed by atoms with E-state index in [0.717, 1.165) is 17.6 Å². The normalized spacial score (nSPS) is 36.5. The molecule has 3 aliphatic carbocycles. The molecule has 6 rings (SSSR count). The predicted molar refractivity (Wildman–Crippen MR) is 184 cm³/mol. The highest BCUT2D eigenvalue weighted by Gasteiger charge is 2.78. The summed E-state index contributed by atoms with van der Waals surface area (Å²) >= 11 is 0.928. The third kappa shape index (κ3) is 5.28. The Morgan fingerprint density at radius 1 is 0.939 bits per heavy atom. The molecule has 2 saturated carbocycles. The Balaban J connectivity index is 1.67. The number of ketones is 1. The van der Waals surface area contributed by atoms with Crippen molar-refractivity contribution in [1.29, 1.82) is 0 Å². The van der Waals surface area contributed by atoms with E-state index in [9.17, 15) is 14.4 Å². The molecule has 1 saturated heterocycles. The Bertz CT molecular complexity index is 1700. The minimum absolute atomic E-state index is 0.0481. The molecule has 9 atom stereocenters. The zero-order valence-electron chi connectivity index (χ0n) is 30.1. The van der Waals surface area contributed by atoms with E-state index in [1.54, 1.807) is 60.7 Å². The van der Waals surface area contributed by atoms with E-state index < -0.39 is 70.1 Å². The molecule has 0 aromatic heterocycles. The van der Waals surface area contributed by atoms with Gasteiger partial charge >= 0.3 is 17.9 Å². The molecule has 1 heterocycles. The number of hydrogen-bond donors (Lipinski definition) is 0. The highest BCUT2D eigenvalue weighted by molar-refractivity contribution is 7.93. The molecule has 10 heteroatoms. The van der Waals surface area contributed by atoms with Crippen molar-refractivity contribution in [2.24, 2.45) is 28.6 Å². The second-order valence-corrected chi connectivity index (χ2v) is 15.3. The van der Waals surface area contributed by atoms with Crippen molar-refractivity contribution in [2.45, 2.75) is 90.8 Å². The Hall–Kier alpha value is -3.47. The van der Waals surface area contributed by atoms with Crippen LogP contribution in [0.15, 0.2) is 71.8 Å². The fraction of sp³-hybridized carbons (Fsp3) is 0.538. The van der Waals surface area contributed by atoms with Crippen molar-refractivity contribution in [3.63, 3.8) is 0 Å². The Labute approximate surface area is 294 Å². The summed E-state index contributed by atoms with van der Waals surface area (Å²) in [6.45, 7) is 12.8. The lowest BCUT2D eigenvalue weighted by molar-refractivity contribution is -0.332. The molecule has 4 aliphatic rings. The molecule has 0 radical (unpaired) electrons. The summed E-state index contributed by atoms with van der Waals surface area (Å²) in [5, 5.41) is 0. The summed E-state index contributed by atoms with van der Waals surface area (Å²) in [5.74, 6) is -3.82. The molecular weight excluding hydrogens is 644 g/mol. The van der Waals surface area contributed by atoms with Gasteiger partial charge in [-0.1, -0.05) is 76.6 Å². The van der Waals surface area contributed by atoms with Crippen LogP contribution < -0.4 is 0 Å². The third-order valence-corrected chi connectivity index (χ3v) is 12.6. The predicted octanol–water partition coefficient (Wildman–Crippen LogP) is 6.80. The average Bonchev–Trinajstić information content (AvgIpc) is 3.08. The van der Waals surface area contributed by atoms with Crippen LogP contribution in [0, 0.1) is 28.6 Å². The summed E-state index contributed by atoms with van der Waals surface area (Å²) in [6.07, 6.45) is -2.56. The second-order valence-electron chi connectivity index (χ2n) is 14.9. The monoisotopic (exact) mass is 691 g/mol. The maximum absolute atomic E-state index is 15.5. The van der Waals surface area contributed by atoms with Gasteiger partial charge in [0.05, 0.1) is 23.7 Å². The van der Waals surface area contributed by atoms with Crippen LogP contribution in [0.4, 0.5) is 0 Å². The SMILES string of the molecule is [2H]CSO[C@]12C[C@H](C)C(C)=C([C@@H](OC(C)=O)C(=O)[C@@]3(C)C([C@@H]1OC(=O)c1ccccc1)[C@]1(OC(=O)c4ccccc4)CO[C@@H]1C[C@@H]3C)C2(C)C. The molecule has 262 valence electrons. The number of rotatable bonds is 7. The van der Waals surface area contributed by atoms with Crippen LogP contribution in [0.2, 0.25) is 0 Å². The molecular formula is C39H46O9S. The number of ether oxygens (including phenoxy) is 4. The smallest absolute Gasteiger partial charge is 0.338 e. The molecule has 0 N–H and O–H groups in total. The van der Waals surface area contributed by atoms with Crippen LogP contribution in [0.25, 0.3) is 0 Å². The highest BCUT2D eigenvalue weighted by Crippen LogP contribution is 2.67. The van der Waals surface area contributed by atoms with Crippen LogP contribution >= 0.6 is 12.0 Å². The van der Waals surface area contributed by atoms with Crippen LogP contribution in [0.1, 0.15) is 83.4 Å². The van der Waals surface area contributed by atoms with Crippen molar-refractivity contribution < 1.29 is 43.7 Å². The van der Waals surface area contributed by atoms with Crippen LogP contribution in [-0.4, -0.2) is 66.0 Å². The Morgan fingerprint density at radius 2 is 1.55 bits per heavy atom. The zero-order chi connectivity index (χ0) is 36.2. The average molecular weight is 692 g/mol. The highest BCUT2D eigenvalue weighted by atomic mass is 32.2. The van der Waals surface area contributed by atoms with Crippen molar-refractivity contribution in [3.05, 3.63) is 82.9 Å². The van der Waals surface area contributed by atoms with Gasteiger partial charge in [0, 0.05) is 25.4 Å². The van der Waals surface area contributed by atoms with Crippen LogP contribution in [-0.2, 0) is 32.7 Å². The van der Waals surface area contributed by atoms with Gasteiger partial charge in [-0.25, -0.2) is 9.59 Å². The number of Topliss-reactive ketones (excluding diaryl/α,β-unsaturated/α-hetero) is 1. The minimum atomic E-state index is -1.43. The number of benzene rings is 2. The van der Waals surface area contributed by atoms with Gasteiger partial charge < -0.3 is 23.1 Å². The van der Waals surface area contributed by atoms with E-state index >= 15 is 4.79 Å². The molecule has 1 unspecified atom stereocenters. The van der Waals surface area contributed by atoms with E-state index in [-0.39, 0.29) is 24.5 Å². The molecule has 49 heavy (non-hydrogen) atoms. The first-order valence-corrected chi connectivity index (χ1v) is 17.7. The first-order chi connectivity index (χ1) is 23.7. The summed E-state index contributed by atoms with van der Waals surface area (Å²) in [6, 6.07) is 17.2. The largest absolute Gasteiger partial charge is 0.455 e. The summed E-state index contributed by atoms with van der Waals surface area (Å²) in [4.78, 5) is 56.7. The van der Waals surface area contributed by atoms with Crippen molar-refractivity contribution in [3.8, 4) is 0 Å². The van der Waals surface area contributed by atoms with Gasteiger partial charge in [-0.05, 0) is 73.5 Å². The number of carbonyl (C=O) groups excluding carboxylic acids is 4. The van der Waals surface area contributed by atoms with Gasteiger partial charge in [-0.3, -0.25) is 9.59 Å². The fourth-order valence-corrected chi connectivity index (χ4v) is 9.84. The second kappa shape index (κ2) is 12.7. The standard InChI is InChI=1S/C39H46O9S/c1-22-20-39(48-49-8)33(46-34(42)26-15-11-9-12-16-26)31-37(7,32(41)30(45-25(4)40)29(24(22)3)36(39,5)6)23(2)19-28-38(31,21-44-28)47-35(43)27-17-13-10-14-18-27/h9-18,22-23,28,30-31,33H,19-21H2,1-8H3/t22-,23-,28+,30+,31?,33-,37+,38-,39+/m0/s1/i8D. The number of esters is 3. The third-order valence-electron chi connectivity index (χ3n) is 12.1. The topological polar surface area (TPSA) is 114 Å². The molecule has 1 aliphatic heterocycles. The van der Waals surface area contributed by atoms with Crippen LogP contribution in [0.3, 0.4) is 0 Å². The first kappa shape index (κ1) is 34.0. The summed E-state index contributed by atoms with van der Waals surface area (Å²) < 4.78 is 40.6. The molecule has 2 aromatic carbocycles. The van der Waals surface area contributed by atoms with Crippen molar-refractivity contribution in [2.75, 3.05) is 12.8 Å². The van der Waals surface area contributed by atoms with Gasteiger partial charge in [0.2, 0.25) is 0 Å². The molecule has 0 spiro atoms. The number of allylic oxidation sites excluding steroid dienone is 1.